The van der Waals surface area contributed by atoms with E-state index in [-0.39, 0.29) is 28.8 Å². The zero-order valence-corrected chi connectivity index (χ0v) is 23.8. The van der Waals surface area contributed by atoms with Gasteiger partial charge in [0.2, 0.25) is 11.8 Å². The predicted octanol–water partition coefficient (Wildman–Crippen LogP) is 4.11. The summed E-state index contributed by atoms with van der Waals surface area (Å²) in [7, 11) is 0.0865. The highest BCUT2D eigenvalue weighted by Gasteiger charge is 2.34. The number of hydrogen-bond donors (Lipinski definition) is 1. The highest BCUT2D eigenvalue weighted by molar-refractivity contribution is 7.92. The minimum atomic E-state index is -4.26. The second kappa shape index (κ2) is 13.3. The van der Waals surface area contributed by atoms with Crippen LogP contribution in [0.3, 0.4) is 0 Å². The van der Waals surface area contributed by atoms with Gasteiger partial charge in [-0.1, -0.05) is 54.9 Å². The number of carbonyl (C=O) groups is 2. The Hall–Kier alpha value is -3.76. The third kappa shape index (κ3) is 6.82. The normalized spacial score (nSPS) is 11.8. The van der Waals surface area contributed by atoms with Gasteiger partial charge < -0.3 is 19.7 Å². The lowest BCUT2D eigenvalue weighted by molar-refractivity contribution is -0.140. The lowest BCUT2D eigenvalue weighted by Crippen LogP contribution is -2.51. The number of benzene rings is 3. The molecule has 11 heteroatoms. The van der Waals surface area contributed by atoms with Crippen molar-refractivity contribution in [1.29, 1.82) is 0 Å². The van der Waals surface area contributed by atoms with Gasteiger partial charge >= 0.3 is 0 Å². The second-order valence-electron chi connectivity index (χ2n) is 8.52. The van der Waals surface area contributed by atoms with Gasteiger partial charge in [0.05, 0.1) is 24.8 Å². The van der Waals surface area contributed by atoms with Gasteiger partial charge in [-0.25, -0.2) is 8.42 Å². The van der Waals surface area contributed by atoms with E-state index in [0.717, 1.165) is 4.31 Å². The lowest BCUT2D eigenvalue weighted by Gasteiger charge is -2.33. The maximum atomic E-state index is 14.0. The van der Waals surface area contributed by atoms with Gasteiger partial charge in [0.25, 0.3) is 10.0 Å². The van der Waals surface area contributed by atoms with Crippen LogP contribution < -0.4 is 19.1 Å². The molecule has 9 nitrogen and oxygen atoms in total. The average molecular weight is 574 g/mol. The third-order valence-corrected chi connectivity index (χ3v) is 8.34. The van der Waals surface area contributed by atoms with Crippen LogP contribution in [-0.2, 0) is 26.2 Å². The molecular formula is C28H32ClN3O6S. The summed E-state index contributed by atoms with van der Waals surface area (Å²) < 4.78 is 39.5. The molecule has 3 aromatic rings. The van der Waals surface area contributed by atoms with Crippen molar-refractivity contribution >= 4 is 39.1 Å². The lowest BCUT2D eigenvalue weighted by atomic mass is 10.1. The van der Waals surface area contributed by atoms with Crippen LogP contribution in [0.5, 0.6) is 11.5 Å². The molecule has 0 spiro atoms. The Bertz CT molecular complexity index is 1400. The van der Waals surface area contributed by atoms with Crippen LogP contribution in [0.2, 0.25) is 5.02 Å². The minimum absolute atomic E-state index is 0.0173. The number of amides is 2. The van der Waals surface area contributed by atoms with Crippen molar-refractivity contribution in [2.45, 2.75) is 30.8 Å². The number of ether oxygens (including phenoxy) is 2. The zero-order valence-electron chi connectivity index (χ0n) is 22.3. The second-order valence-corrected chi connectivity index (χ2v) is 10.8. The number of anilines is 1. The Morgan fingerprint density at radius 1 is 0.949 bits per heavy atom. The molecular weight excluding hydrogens is 542 g/mol. The van der Waals surface area contributed by atoms with Crippen molar-refractivity contribution in [3.8, 4) is 11.5 Å². The van der Waals surface area contributed by atoms with Crippen molar-refractivity contribution in [2.75, 3.05) is 32.1 Å². The molecule has 0 saturated heterocycles. The highest BCUT2D eigenvalue weighted by Crippen LogP contribution is 2.32. The van der Waals surface area contributed by atoms with E-state index in [9.17, 15) is 18.0 Å². The number of methoxy groups -OCH3 is 2. The standard InChI is InChI=1S/C28H32ClN3O6S/c1-5-24(28(34)30-2)31(18-20-11-9-10-14-23(20)29)27(33)19-32(21-12-7-6-8-13-21)39(35,36)22-15-16-25(37-3)26(17-22)38-4/h6-17,24H,5,18-19H2,1-4H3,(H,30,34)/t24-/m0/s1. The first-order chi connectivity index (χ1) is 18.7. The van der Waals surface area contributed by atoms with Gasteiger partial charge in [0.15, 0.2) is 11.5 Å². The molecule has 3 rings (SSSR count). The third-order valence-electron chi connectivity index (χ3n) is 6.20. The highest BCUT2D eigenvalue weighted by atomic mass is 35.5. The molecule has 1 atom stereocenters. The molecule has 0 unspecified atom stereocenters. The molecule has 0 saturated carbocycles. The van der Waals surface area contributed by atoms with E-state index < -0.39 is 28.5 Å². The fraction of sp³-hybridized carbons (Fsp3) is 0.286. The maximum Gasteiger partial charge on any atom is 0.264 e. The molecule has 0 aliphatic rings. The molecule has 0 heterocycles. The molecule has 39 heavy (non-hydrogen) atoms. The molecule has 0 aromatic heterocycles. The molecule has 208 valence electrons. The largest absolute Gasteiger partial charge is 0.493 e. The number of para-hydroxylation sites is 1. The van der Waals surface area contributed by atoms with Crippen LogP contribution in [0.15, 0.2) is 77.7 Å². The molecule has 0 aliphatic carbocycles. The summed E-state index contributed by atoms with van der Waals surface area (Å²) in [6.07, 6.45) is 0.309. The summed E-state index contributed by atoms with van der Waals surface area (Å²) in [5.74, 6) is -0.352. The number of halogens is 1. The summed E-state index contributed by atoms with van der Waals surface area (Å²) in [6, 6.07) is 18.7. The fourth-order valence-electron chi connectivity index (χ4n) is 4.12. The Kier molecular flexibility index (Phi) is 10.2. The van der Waals surface area contributed by atoms with Gasteiger partial charge in [-0.3, -0.25) is 13.9 Å². The monoisotopic (exact) mass is 573 g/mol. The molecule has 0 radical (unpaired) electrons. The van der Waals surface area contributed by atoms with Crippen LogP contribution in [-0.4, -0.2) is 59.0 Å². The van der Waals surface area contributed by atoms with Crippen LogP contribution in [0.1, 0.15) is 18.9 Å². The van der Waals surface area contributed by atoms with Crippen molar-refractivity contribution in [3.63, 3.8) is 0 Å². The first kappa shape index (κ1) is 29.8. The molecule has 0 bridgehead atoms. The minimum Gasteiger partial charge on any atom is -0.493 e. The summed E-state index contributed by atoms with van der Waals surface area (Å²) in [5, 5.41) is 3.02. The van der Waals surface area contributed by atoms with Gasteiger partial charge in [0, 0.05) is 24.7 Å². The maximum absolute atomic E-state index is 14.0. The van der Waals surface area contributed by atoms with E-state index in [2.05, 4.69) is 5.32 Å². The Morgan fingerprint density at radius 2 is 1.59 bits per heavy atom. The van der Waals surface area contributed by atoms with Crippen LogP contribution in [0.4, 0.5) is 5.69 Å². The Morgan fingerprint density at radius 3 is 2.18 bits per heavy atom. The zero-order chi connectivity index (χ0) is 28.6. The number of sulfonamides is 1. The number of hydrogen-bond acceptors (Lipinski definition) is 6. The molecule has 0 aliphatic heterocycles. The SMILES string of the molecule is CC[C@@H](C(=O)NC)N(Cc1ccccc1Cl)C(=O)CN(c1ccccc1)S(=O)(=O)c1ccc(OC)c(OC)c1. The number of rotatable bonds is 12. The van der Waals surface area contributed by atoms with Gasteiger partial charge in [-0.2, -0.15) is 0 Å². The van der Waals surface area contributed by atoms with Crippen LogP contribution in [0.25, 0.3) is 0 Å². The smallest absolute Gasteiger partial charge is 0.264 e. The summed E-state index contributed by atoms with van der Waals surface area (Å²) in [4.78, 5) is 28.0. The quantitative estimate of drug-likeness (QED) is 0.350. The number of carbonyl (C=O) groups excluding carboxylic acids is 2. The van der Waals surface area contributed by atoms with Crippen molar-refractivity contribution in [3.05, 3.63) is 83.4 Å². The first-order valence-corrected chi connectivity index (χ1v) is 14.0. The average Bonchev–Trinajstić information content (AvgIpc) is 2.96. The Labute approximate surface area is 234 Å². The first-order valence-electron chi connectivity index (χ1n) is 12.2. The Balaban J connectivity index is 2.08. The van der Waals surface area contributed by atoms with Crippen molar-refractivity contribution < 1.29 is 27.5 Å². The van der Waals surface area contributed by atoms with E-state index in [0.29, 0.717) is 22.8 Å². The topological polar surface area (TPSA) is 105 Å². The number of nitrogens with zero attached hydrogens (tertiary/aromatic N) is 2. The number of nitrogens with one attached hydrogen (secondary N) is 1. The van der Waals surface area contributed by atoms with E-state index in [1.54, 1.807) is 61.5 Å². The summed E-state index contributed by atoms with van der Waals surface area (Å²) in [5.41, 5.74) is 0.912. The molecule has 2 amide bonds. The van der Waals surface area contributed by atoms with E-state index in [4.69, 9.17) is 21.1 Å². The molecule has 1 N–H and O–H groups in total. The molecule has 0 fully saturated rings. The van der Waals surface area contributed by atoms with Crippen molar-refractivity contribution in [1.82, 2.24) is 10.2 Å². The van der Waals surface area contributed by atoms with E-state index >= 15 is 0 Å². The summed E-state index contributed by atoms with van der Waals surface area (Å²) >= 11 is 6.37. The van der Waals surface area contributed by atoms with E-state index in [1.807, 2.05) is 0 Å². The van der Waals surface area contributed by atoms with Gasteiger partial charge in [-0.05, 0) is 42.3 Å². The van der Waals surface area contributed by atoms with Gasteiger partial charge in [0.1, 0.15) is 12.6 Å². The number of likely N-dealkylation sites (N-methyl/N-ethyl adjacent to an activating group) is 1. The van der Waals surface area contributed by atoms with Gasteiger partial charge in [-0.15, -0.1) is 0 Å². The molecule has 3 aromatic carbocycles. The van der Waals surface area contributed by atoms with Crippen LogP contribution >= 0.6 is 11.6 Å². The summed E-state index contributed by atoms with van der Waals surface area (Å²) in [6.45, 7) is 1.24. The van der Waals surface area contributed by atoms with E-state index in [1.165, 1.54) is 44.4 Å². The fourth-order valence-corrected chi connectivity index (χ4v) is 5.75. The predicted molar refractivity (Wildman–Crippen MR) is 151 cm³/mol. The van der Waals surface area contributed by atoms with Crippen LogP contribution in [0, 0.1) is 0 Å². The van der Waals surface area contributed by atoms with Crippen molar-refractivity contribution in [2.24, 2.45) is 0 Å².